The molecule has 108 valence electrons. The minimum Gasteiger partial charge on any atom is -0.294 e. The second kappa shape index (κ2) is 6.35. The molecule has 0 aliphatic carbocycles. The summed E-state index contributed by atoms with van der Waals surface area (Å²) in [5.41, 5.74) is 3.45. The lowest BCUT2D eigenvalue weighted by Gasteiger charge is -2.05. The molecule has 3 aromatic rings. The molecule has 22 heavy (non-hydrogen) atoms. The topological polar surface area (TPSA) is 17.1 Å². The zero-order chi connectivity index (χ0) is 15.4. The van der Waals surface area contributed by atoms with Crippen LogP contribution in [0.4, 0.5) is 4.39 Å². The highest BCUT2D eigenvalue weighted by molar-refractivity contribution is 5.97. The Morgan fingerprint density at radius 1 is 0.773 bits per heavy atom. The van der Waals surface area contributed by atoms with Crippen LogP contribution in [0.25, 0.3) is 11.1 Å². The third kappa shape index (κ3) is 3.29. The van der Waals surface area contributed by atoms with Crippen LogP contribution < -0.4 is 0 Å². The first-order valence-electron chi connectivity index (χ1n) is 7.15. The third-order valence-corrected chi connectivity index (χ3v) is 3.57. The van der Waals surface area contributed by atoms with Gasteiger partial charge in [0.05, 0.1) is 0 Å². The van der Waals surface area contributed by atoms with Gasteiger partial charge in [-0.25, -0.2) is 4.39 Å². The molecule has 1 nitrogen and oxygen atoms in total. The van der Waals surface area contributed by atoms with E-state index in [0.29, 0.717) is 6.42 Å². The van der Waals surface area contributed by atoms with E-state index in [1.807, 2.05) is 60.7 Å². The molecule has 0 saturated heterocycles. The second-order valence-electron chi connectivity index (χ2n) is 5.17. The Morgan fingerprint density at radius 3 is 2.18 bits per heavy atom. The Balaban J connectivity index is 1.76. The highest BCUT2D eigenvalue weighted by Gasteiger charge is 2.07. The summed E-state index contributed by atoms with van der Waals surface area (Å²) in [7, 11) is 0. The molecular formula is C20H15FO. The Bertz CT molecular complexity index is 776. The monoisotopic (exact) mass is 290 g/mol. The van der Waals surface area contributed by atoms with Gasteiger partial charge in [0, 0.05) is 12.0 Å². The molecule has 0 aromatic heterocycles. The van der Waals surface area contributed by atoms with Crippen molar-refractivity contribution in [3.05, 3.63) is 95.8 Å². The molecule has 0 heterocycles. The molecule has 3 rings (SSSR count). The number of Topliss-reactive ketones (excluding diaryl/α,β-unsaturated/α-hetero) is 1. The SMILES string of the molecule is O=C(Cc1ccc(-c2cccc(F)c2)cc1)c1ccccc1. The Kier molecular flexibility index (Phi) is 4.10. The molecule has 3 aromatic carbocycles. The van der Waals surface area contributed by atoms with Crippen LogP contribution in [0, 0.1) is 5.82 Å². The van der Waals surface area contributed by atoms with E-state index in [-0.39, 0.29) is 11.6 Å². The van der Waals surface area contributed by atoms with Gasteiger partial charge in [-0.1, -0.05) is 66.7 Å². The number of hydrogen-bond donors (Lipinski definition) is 0. The number of ketones is 1. The molecule has 0 radical (unpaired) electrons. The van der Waals surface area contributed by atoms with Crippen molar-refractivity contribution in [2.75, 3.05) is 0 Å². The molecule has 0 N–H and O–H groups in total. The predicted molar refractivity (Wildman–Crippen MR) is 86.3 cm³/mol. The minimum absolute atomic E-state index is 0.0964. The number of carbonyl (C=O) groups excluding carboxylic acids is 1. The molecule has 0 atom stereocenters. The zero-order valence-electron chi connectivity index (χ0n) is 12.0. The summed E-state index contributed by atoms with van der Waals surface area (Å²) in [6.45, 7) is 0. The molecule has 0 aliphatic rings. The fraction of sp³-hybridized carbons (Fsp3) is 0.0500. The van der Waals surface area contributed by atoms with E-state index < -0.39 is 0 Å². The molecule has 2 heteroatoms. The van der Waals surface area contributed by atoms with Crippen LogP contribution in [0.15, 0.2) is 78.9 Å². The van der Waals surface area contributed by atoms with Crippen molar-refractivity contribution >= 4 is 5.78 Å². The molecule has 0 amide bonds. The smallest absolute Gasteiger partial charge is 0.167 e. The van der Waals surface area contributed by atoms with Crippen LogP contribution in [-0.4, -0.2) is 5.78 Å². The summed E-state index contributed by atoms with van der Waals surface area (Å²) in [6.07, 6.45) is 0.368. The quantitative estimate of drug-likeness (QED) is 0.623. The van der Waals surface area contributed by atoms with Crippen LogP contribution >= 0.6 is 0 Å². The predicted octanol–water partition coefficient (Wildman–Crippen LogP) is 4.92. The van der Waals surface area contributed by atoms with Crippen LogP contribution in [0.3, 0.4) is 0 Å². The van der Waals surface area contributed by atoms with Crippen molar-refractivity contribution in [3.8, 4) is 11.1 Å². The summed E-state index contributed by atoms with van der Waals surface area (Å²) in [5, 5.41) is 0. The average molecular weight is 290 g/mol. The molecule has 0 bridgehead atoms. The van der Waals surface area contributed by atoms with E-state index in [9.17, 15) is 9.18 Å². The minimum atomic E-state index is -0.249. The highest BCUT2D eigenvalue weighted by Crippen LogP contribution is 2.21. The van der Waals surface area contributed by atoms with Gasteiger partial charge in [-0.3, -0.25) is 4.79 Å². The maximum absolute atomic E-state index is 13.2. The first kappa shape index (κ1) is 14.2. The van der Waals surface area contributed by atoms with Gasteiger partial charge in [0.15, 0.2) is 5.78 Å². The number of rotatable bonds is 4. The van der Waals surface area contributed by atoms with Gasteiger partial charge in [0.1, 0.15) is 5.82 Å². The van der Waals surface area contributed by atoms with E-state index in [0.717, 1.165) is 22.3 Å². The fourth-order valence-electron chi connectivity index (χ4n) is 2.39. The van der Waals surface area contributed by atoms with Crippen molar-refractivity contribution in [1.29, 1.82) is 0 Å². The Labute approximate surface area is 129 Å². The summed E-state index contributed by atoms with van der Waals surface area (Å²) in [4.78, 5) is 12.2. The van der Waals surface area contributed by atoms with E-state index in [2.05, 4.69) is 0 Å². The second-order valence-corrected chi connectivity index (χ2v) is 5.17. The number of benzene rings is 3. The highest BCUT2D eigenvalue weighted by atomic mass is 19.1. The van der Waals surface area contributed by atoms with E-state index >= 15 is 0 Å². The lowest BCUT2D eigenvalue weighted by molar-refractivity contribution is 0.0993. The molecule has 0 spiro atoms. The van der Waals surface area contributed by atoms with Gasteiger partial charge < -0.3 is 0 Å². The fourth-order valence-corrected chi connectivity index (χ4v) is 2.39. The summed E-state index contributed by atoms with van der Waals surface area (Å²) in [5.74, 6) is -0.153. The molecule has 0 fully saturated rings. The first-order chi connectivity index (χ1) is 10.7. The first-order valence-corrected chi connectivity index (χ1v) is 7.15. The van der Waals surface area contributed by atoms with E-state index in [1.165, 1.54) is 12.1 Å². The normalized spacial score (nSPS) is 10.4. The maximum Gasteiger partial charge on any atom is 0.167 e. The summed E-state index contributed by atoms with van der Waals surface area (Å²) in [6, 6.07) is 23.4. The van der Waals surface area contributed by atoms with E-state index in [4.69, 9.17) is 0 Å². The standard InChI is InChI=1S/C20H15FO/c21-19-8-4-7-18(14-19)16-11-9-15(10-12-16)13-20(22)17-5-2-1-3-6-17/h1-12,14H,13H2. The molecular weight excluding hydrogens is 275 g/mol. The van der Waals surface area contributed by atoms with Crippen LogP contribution in [0.5, 0.6) is 0 Å². The Hall–Kier alpha value is -2.74. The van der Waals surface area contributed by atoms with Gasteiger partial charge in [0.25, 0.3) is 0 Å². The van der Waals surface area contributed by atoms with Crippen LogP contribution in [-0.2, 0) is 6.42 Å². The maximum atomic E-state index is 13.2. The van der Waals surface area contributed by atoms with Crippen molar-refractivity contribution in [3.63, 3.8) is 0 Å². The lowest BCUT2D eigenvalue weighted by atomic mass is 9.99. The summed E-state index contributed by atoms with van der Waals surface area (Å²) >= 11 is 0. The lowest BCUT2D eigenvalue weighted by Crippen LogP contribution is -2.02. The summed E-state index contributed by atoms with van der Waals surface area (Å²) < 4.78 is 13.2. The van der Waals surface area contributed by atoms with Crippen molar-refractivity contribution in [2.24, 2.45) is 0 Å². The van der Waals surface area contributed by atoms with Crippen LogP contribution in [0.2, 0.25) is 0 Å². The third-order valence-electron chi connectivity index (χ3n) is 3.57. The number of hydrogen-bond acceptors (Lipinski definition) is 1. The van der Waals surface area contributed by atoms with Gasteiger partial charge >= 0.3 is 0 Å². The Morgan fingerprint density at radius 2 is 1.50 bits per heavy atom. The van der Waals surface area contributed by atoms with Crippen LogP contribution in [0.1, 0.15) is 15.9 Å². The molecule has 0 aliphatic heterocycles. The van der Waals surface area contributed by atoms with Gasteiger partial charge in [-0.2, -0.15) is 0 Å². The number of carbonyl (C=O) groups is 1. The van der Waals surface area contributed by atoms with Gasteiger partial charge in [-0.15, -0.1) is 0 Å². The van der Waals surface area contributed by atoms with Gasteiger partial charge in [0.2, 0.25) is 0 Å². The largest absolute Gasteiger partial charge is 0.294 e. The van der Waals surface area contributed by atoms with Crippen molar-refractivity contribution in [1.82, 2.24) is 0 Å². The zero-order valence-corrected chi connectivity index (χ0v) is 12.0. The van der Waals surface area contributed by atoms with Crippen molar-refractivity contribution in [2.45, 2.75) is 6.42 Å². The van der Waals surface area contributed by atoms with Crippen molar-refractivity contribution < 1.29 is 9.18 Å². The average Bonchev–Trinajstić information content (AvgIpc) is 2.56. The van der Waals surface area contributed by atoms with Gasteiger partial charge in [-0.05, 0) is 28.8 Å². The number of halogens is 1. The molecule has 0 saturated carbocycles. The molecule has 0 unspecified atom stereocenters. The van der Waals surface area contributed by atoms with E-state index in [1.54, 1.807) is 6.07 Å².